The Balaban J connectivity index is 1.62. The van der Waals surface area contributed by atoms with Crippen LogP contribution in [0.5, 0.6) is 0 Å². The second-order valence-corrected chi connectivity index (χ2v) is 7.94. The average molecular weight is 360 g/mol. The SMILES string of the molecule is O=C(O)c1cccc(CN2CCN(S(=O)(=O)c3ccccc3)CC2)c1. The van der Waals surface area contributed by atoms with Crippen LogP contribution in [-0.2, 0) is 16.6 Å². The van der Waals surface area contributed by atoms with Crippen molar-refractivity contribution in [3.8, 4) is 0 Å². The molecule has 1 saturated heterocycles. The summed E-state index contributed by atoms with van der Waals surface area (Å²) in [6.07, 6.45) is 0. The summed E-state index contributed by atoms with van der Waals surface area (Å²) < 4.78 is 26.7. The van der Waals surface area contributed by atoms with Gasteiger partial charge in [-0.2, -0.15) is 4.31 Å². The summed E-state index contributed by atoms with van der Waals surface area (Å²) in [6.45, 7) is 2.69. The van der Waals surface area contributed by atoms with E-state index in [9.17, 15) is 13.2 Å². The zero-order chi connectivity index (χ0) is 17.9. The molecule has 0 saturated carbocycles. The molecule has 2 aromatic rings. The van der Waals surface area contributed by atoms with Crippen molar-refractivity contribution in [2.45, 2.75) is 11.4 Å². The van der Waals surface area contributed by atoms with Gasteiger partial charge in [0.25, 0.3) is 0 Å². The van der Waals surface area contributed by atoms with Gasteiger partial charge < -0.3 is 5.11 Å². The summed E-state index contributed by atoms with van der Waals surface area (Å²) in [5.74, 6) is -0.944. The molecular formula is C18H20N2O4S. The molecule has 1 N–H and O–H groups in total. The van der Waals surface area contributed by atoms with Crippen molar-refractivity contribution < 1.29 is 18.3 Å². The van der Waals surface area contributed by atoms with Crippen LogP contribution in [0.3, 0.4) is 0 Å². The lowest BCUT2D eigenvalue weighted by Gasteiger charge is -2.34. The molecule has 132 valence electrons. The third-order valence-electron chi connectivity index (χ3n) is 4.29. The summed E-state index contributed by atoms with van der Waals surface area (Å²) in [5, 5.41) is 9.06. The molecule has 0 bridgehead atoms. The maximum atomic E-state index is 12.6. The molecule has 1 fully saturated rings. The minimum atomic E-state index is -3.45. The van der Waals surface area contributed by atoms with Crippen LogP contribution >= 0.6 is 0 Å². The molecule has 0 amide bonds. The van der Waals surface area contributed by atoms with Gasteiger partial charge in [-0.15, -0.1) is 0 Å². The van der Waals surface area contributed by atoms with E-state index in [0.29, 0.717) is 37.6 Å². The van der Waals surface area contributed by atoms with Crippen LogP contribution in [0.15, 0.2) is 59.5 Å². The Hall–Kier alpha value is -2.22. The number of sulfonamides is 1. The van der Waals surface area contributed by atoms with Crippen LogP contribution in [0, 0.1) is 0 Å². The number of nitrogens with zero attached hydrogens (tertiary/aromatic N) is 2. The summed E-state index contributed by atoms with van der Waals surface area (Å²) in [5.41, 5.74) is 1.18. The first kappa shape index (κ1) is 17.6. The lowest BCUT2D eigenvalue weighted by atomic mass is 10.1. The minimum absolute atomic E-state index is 0.266. The second-order valence-electron chi connectivity index (χ2n) is 6.00. The lowest BCUT2D eigenvalue weighted by molar-refractivity contribution is 0.0696. The number of aromatic carboxylic acids is 1. The van der Waals surface area contributed by atoms with Gasteiger partial charge in [0.2, 0.25) is 10.0 Å². The molecule has 3 rings (SSSR count). The first-order valence-electron chi connectivity index (χ1n) is 8.06. The molecule has 25 heavy (non-hydrogen) atoms. The monoisotopic (exact) mass is 360 g/mol. The van der Waals surface area contributed by atoms with Gasteiger partial charge >= 0.3 is 5.97 Å². The summed E-state index contributed by atoms with van der Waals surface area (Å²) in [7, 11) is -3.45. The van der Waals surface area contributed by atoms with E-state index in [0.717, 1.165) is 5.56 Å². The third-order valence-corrected chi connectivity index (χ3v) is 6.21. The molecule has 7 heteroatoms. The third kappa shape index (κ3) is 4.07. The molecular weight excluding hydrogens is 340 g/mol. The number of hydrogen-bond acceptors (Lipinski definition) is 4. The van der Waals surface area contributed by atoms with Crippen LogP contribution in [0.1, 0.15) is 15.9 Å². The van der Waals surface area contributed by atoms with Crippen molar-refractivity contribution in [3.63, 3.8) is 0 Å². The van der Waals surface area contributed by atoms with Gasteiger partial charge in [0.1, 0.15) is 0 Å². The molecule has 0 aliphatic carbocycles. The molecule has 2 aromatic carbocycles. The van der Waals surface area contributed by atoms with Crippen molar-refractivity contribution in [1.29, 1.82) is 0 Å². The summed E-state index contributed by atoms with van der Waals surface area (Å²) in [6, 6.07) is 15.3. The lowest BCUT2D eigenvalue weighted by Crippen LogP contribution is -2.48. The van der Waals surface area contributed by atoms with Crippen LogP contribution < -0.4 is 0 Å². The van der Waals surface area contributed by atoms with E-state index in [1.807, 2.05) is 6.07 Å². The Morgan fingerprint density at radius 2 is 1.64 bits per heavy atom. The highest BCUT2D eigenvalue weighted by molar-refractivity contribution is 7.89. The molecule has 6 nitrogen and oxygen atoms in total. The Morgan fingerprint density at radius 3 is 2.28 bits per heavy atom. The molecule has 1 aliphatic rings. The highest BCUT2D eigenvalue weighted by Crippen LogP contribution is 2.18. The van der Waals surface area contributed by atoms with Crippen LogP contribution in [0.2, 0.25) is 0 Å². The zero-order valence-electron chi connectivity index (χ0n) is 13.7. The highest BCUT2D eigenvalue weighted by atomic mass is 32.2. The van der Waals surface area contributed by atoms with E-state index in [-0.39, 0.29) is 5.56 Å². The Morgan fingerprint density at radius 1 is 0.960 bits per heavy atom. The predicted molar refractivity (Wildman–Crippen MR) is 93.9 cm³/mol. The molecule has 0 radical (unpaired) electrons. The smallest absolute Gasteiger partial charge is 0.335 e. The molecule has 0 spiro atoms. The standard InChI is InChI=1S/C18H20N2O4S/c21-18(22)16-6-4-5-15(13-16)14-19-9-11-20(12-10-19)25(23,24)17-7-2-1-3-8-17/h1-8,13H,9-12,14H2,(H,21,22). The fourth-order valence-corrected chi connectivity index (χ4v) is 4.37. The number of benzene rings is 2. The van der Waals surface area contributed by atoms with E-state index in [2.05, 4.69) is 4.90 Å². The maximum Gasteiger partial charge on any atom is 0.335 e. The van der Waals surface area contributed by atoms with Gasteiger partial charge in [0, 0.05) is 32.7 Å². The van der Waals surface area contributed by atoms with Crippen LogP contribution in [0.4, 0.5) is 0 Å². The van der Waals surface area contributed by atoms with Crippen molar-refractivity contribution in [2.24, 2.45) is 0 Å². The predicted octanol–water partition coefficient (Wildman–Crippen LogP) is 1.89. The number of hydrogen-bond donors (Lipinski definition) is 1. The van der Waals surface area contributed by atoms with Crippen LogP contribution in [0.25, 0.3) is 0 Å². The van der Waals surface area contributed by atoms with Gasteiger partial charge in [-0.05, 0) is 29.8 Å². The Kier molecular flexibility index (Phi) is 5.17. The van der Waals surface area contributed by atoms with Gasteiger partial charge in [-0.25, -0.2) is 13.2 Å². The maximum absolute atomic E-state index is 12.6. The van der Waals surface area contributed by atoms with E-state index in [1.165, 1.54) is 4.31 Å². The second kappa shape index (κ2) is 7.35. The van der Waals surface area contributed by atoms with Crippen molar-refractivity contribution in [1.82, 2.24) is 9.21 Å². The fourth-order valence-electron chi connectivity index (χ4n) is 2.93. The zero-order valence-corrected chi connectivity index (χ0v) is 14.5. The number of carboxylic acids is 1. The van der Waals surface area contributed by atoms with Gasteiger partial charge in [-0.1, -0.05) is 30.3 Å². The normalized spacial score (nSPS) is 16.6. The van der Waals surface area contributed by atoms with Crippen molar-refractivity contribution in [2.75, 3.05) is 26.2 Å². The summed E-state index contributed by atoms with van der Waals surface area (Å²) >= 11 is 0. The van der Waals surface area contributed by atoms with E-state index in [1.54, 1.807) is 48.5 Å². The number of rotatable bonds is 5. The molecule has 1 heterocycles. The average Bonchev–Trinajstić information content (AvgIpc) is 2.63. The molecule has 1 aliphatic heterocycles. The van der Waals surface area contributed by atoms with Gasteiger partial charge in [-0.3, -0.25) is 4.90 Å². The molecule has 0 atom stereocenters. The summed E-state index contributed by atoms with van der Waals surface area (Å²) in [4.78, 5) is 13.5. The Labute approximate surface area is 147 Å². The van der Waals surface area contributed by atoms with Crippen molar-refractivity contribution in [3.05, 3.63) is 65.7 Å². The Bertz CT molecular complexity index is 844. The number of piperazine rings is 1. The number of carboxylic acid groups (broad SMARTS) is 1. The first-order chi connectivity index (χ1) is 12.0. The molecule has 0 unspecified atom stereocenters. The van der Waals surface area contributed by atoms with Crippen molar-refractivity contribution >= 4 is 16.0 Å². The van der Waals surface area contributed by atoms with Gasteiger partial charge in [0.05, 0.1) is 10.5 Å². The number of carbonyl (C=O) groups is 1. The first-order valence-corrected chi connectivity index (χ1v) is 9.50. The minimum Gasteiger partial charge on any atom is -0.478 e. The largest absolute Gasteiger partial charge is 0.478 e. The van der Waals surface area contributed by atoms with Crippen LogP contribution in [-0.4, -0.2) is 54.9 Å². The van der Waals surface area contributed by atoms with Gasteiger partial charge in [0.15, 0.2) is 0 Å². The van der Waals surface area contributed by atoms with E-state index >= 15 is 0 Å². The van der Waals surface area contributed by atoms with E-state index < -0.39 is 16.0 Å². The van der Waals surface area contributed by atoms with E-state index in [4.69, 9.17) is 5.11 Å². The quantitative estimate of drug-likeness (QED) is 0.881. The molecule has 0 aromatic heterocycles. The topological polar surface area (TPSA) is 77.9 Å². The highest BCUT2D eigenvalue weighted by Gasteiger charge is 2.28. The fraction of sp³-hybridized carbons (Fsp3) is 0.278.